The van der Waals surface area contributed by atoms with Gasteiger partial charge in [0.2, 0.25) is 0 Å². The van der Waals surface area contributed by atoms with Crippen LogP contribution in [0.1, 0.15) is 18.7 Å². The Labute approximate surface area is 80.0 Å². The topological polar surface area (TPSA) is 54.4 Å². The first-order chi connectivity index (χ1) is 5.99. The molecule has 1 heterocycles. The smallest absolute Gasteiger partial charge is 0.322 e. The van der Waals surface area contributed by atoms with E-state index in [2.05, 4.69) is 0 Å². The van der Waals surface area contributed by atoms with E-state index in [1.807, 2.05) is 0 Å². The number of carbonyl (C=O) groups is 2. The highest BCUT2D eigenvalue weighted by atomic mass is 32.1. The quantitative estimate of drug-likeness (QED) is 0.752. The predicted octanol–water partition coefficient (Wildman–Crippen LogP) is 1.68. The summed E-state index contributed by atoms with van der Waals surface area (Å²) >= 11 is 1.28. The van der Waals surface area contributed by atoms with Crippen molar-refractivity contribution in [2.24, 2.45) is 0 Å². The average molecular weight is 198 g/mol. The standard InChI is InChI=1S/C9H10O3S/c1-6(10)9(2,8(11)12)7-4-3-5-13-7/h3-5H,1-2H3,(H,11,12). The van der Waals surface area contributed by atoms with Crippen molar-refractivity contribution in [3.05, 3.63) is 22.4 Å². The number of hydrogen-bond acceptors (Lipinski definition) is 3. The predicted molar refractivity (Wildman–Crippen MR) is 50.0 cm³/mol. The van der Waals surface area contributed by atoms with Gasteiger partial charge in [-0.25, -0.2) is 0 Å². The molecular weight excluding hydrogens is 188 g/mol. The first-order valence-corrected chi connectivity index (χ1v) is 4.66. The molecule has 1 rings (SSSR count). The van der Waals surface area contributed by atoms with Crippen LogP contribution in [0.25, 0.3) is 0 Å². The molecule has 4 heteroatoms. The van der Waals surface area contributed by atoms with Gasteiger partial charge in [0.15, 0.2) is 11.2 Å². The summed E-state index contributed by atoms with van der Waals surface area (Å²) in [6.45, 7) is 2.73. The Bertz CT molecular complexity index is 313. The van der Waals surface area contributed by atoms with Crippen molar-refractivity contribution in [3.8, 4) is 0 Å². The fourth-order valence-corrected chi connectivity index (χ4v) is 1.92. The number of carbonyl (C=O) groups excluding carboxylic acids is 1. The van der Waals surface area contributed by atoms with Gasteiger partial charge in [-0.15, -0.1) is 11.3 Å². The molecule has 0 aliphatic carbocycles. The van der Waals surface area contributed by atoms with E-state index in [0.717, 1.165) is 0 Å². The molecule has 0 bridgehead atoms. The highest BCUT2D eigenvalue weighted by Gasteiger charge is 2.41. The summed E-state index contributed by atoms with van der Waals surface area (Å²) in [5.74, 6) is -1.44. The second-order valence-corrected chi connectivity index (χ2v) is 3.91. The van der Waals surface area contributed by atoms with Crippen molar-refractivity contribution < 1.29 is 14.7 Å². The average Bonchev–Trinajstić information content (AvgIpc) is 2.54. The minimum absolute atomic E-state index is 0.345. The Balaban J connectivity index is 3.21. The summed E-state index contributed by atoms with van der Waals surface area (Å²) < 4.78 is 0. The van der Waals surface area contributed by atoms with Gasteiger partial charge < -0.3 is 5.11 Å². The molecule has 0 aliphatic heterocycles. The molecule has 0 saturated heterocycles. The van der Waals surface area contributed by atoms with Gasteiger partial charge in [-0.3, -0.25) is 9.59 Å². The molecule has 0 saturated carbocycles. The van der Waals surface area contributed by atoms with E-state index < -0.39 is 11.4 Å². The molecule has 0 aromatic carbocycles. The lowest BCUT2D eigenvalue weighted by molar-refractivity contribution is -0.147. The lowest BCUT2D eigenvalue weighted by Gasteiger charge is -2.19. The lowest BCUT2D eigenvalue weighted by Crippen LogP contribution is -2.38. The Morgan fingerprint density at radius 2 is 2.15 bits per heavy atom. The van der Waals surface area contributed by atoms with Gasteiger partial charge in [0.1, 0.15) is 0 Å². The number of thiophene rings is 1. The number of hydrogen-bond donors (Lipinski definition) is 1. The third-order valence-corrected chi connectivity index (χ3v) is 3.24. The van der Waals surface area contributed by atoms with Gasteiger partial charge in [0.05, 0.1) is 0 Å². The summed E-state index contributed by atoms with van der Waals surface area (Å²) in [6, 6.07) is 3.41. The third kappa shape index (κ3) is 1.49. The van der Waals surface area contributed by atoms with E-state index in [9.17, 15) is 9.59 Å². The van der Waals surface area contributed by atoms with Crippen molar-refractivity contribution in [2.45, 2.75) is 19.3 Å². The van der Waals surface area contributed by atoms with Crippen molar-refractivity contribution in [1.82, 2.24) is 0 Å². The molecule has 70 valence electrons. The normalized spacial score (nSPS) is 14.9. The van der Waals surface area contributed by atoms with Crippen molar-refractivity contribution >= 4 is 23.1 Å². The van der Waals surface area contributed by atoms with Crippen LogP contribution in [0.5, 0.6) is 0 Å². The molecule has 13 heavy (non-hydrogen) atoms. The zero-order valence-corrected chi connectivity index (χ0v) is 8.22. The van der Waals surface area contributed by atoms with E-state index in [1.165, 1.54) is 25.2 Å². The second kappa shape index (κ2) is 3.30. The molecule has 0 fully saturated rings. The molecular formula is C9H10O3S. The molecule has 3 nitrogen and oxygen atoms in total. The zero-order valence-electron chi connectivity index (χ0n) is 7.40. The Morgan fingerprint density at radius 1 is 1.54 bits per heavy atom. The van der Waals surface area contributed by atoms with Gasteiger partial charge in [-0.05, 0) is 25.3 Å². The molecule has 1 N–H and O–H groups in total. The fourth-order valence-electron chi connectivity index (χ4n) is 0.993. The molecule has 1 unspecified atom stereocenters. The van der Waals surface area contributed by atoms with Crippen LogP contribution in [0.3, 0.4) is 0 Å². The van der Waals surface area contributed by atoms with E-state index in [-0.39, 0.29) is 5.78 Å². The molecule has 1 atom stereocenters. The third-order valence-electron chi connectivity index (χ3n) is 2.15. The maximum Gasteiger partial charge on any atom is 0.322 e. The van der Waals surface area contributed by atoms with Crippen LogP contribution in [0.15, 0.2) is 17.5 Å². The van der Waals surface area contributed by atoms with Crippen LogP contribution in [-0.4, -0.2) is 16.9 Å². The summed E-state index contributed by atoms with van der Waals surface area (Å²) in [4.78, 5) is 22.8. The minimum Gasteiger partial charge on any atom is -0.480 e. The van der Waals surface area contributed by atoms with Crippen LogP contribution in [0, 0.1) is 0 Å². The van der Waals surface area contributed by atoms with Crippen LogP contribution < -0.4 is 0 Å². The fraction of sp³-hybridized carbons (Fsp3) is 0.333. The number of carboxylic acids is 1. The first-order valence-electron chi connectivity index (χ1n) is 3.78. The molecule has 0 amide bonds. The lowest BCUT2D eigenvalue weighted by atomic mass is 9.85. The van der Waals surface area contributed by atoms with Gasteiger partial charge in [-0.2, -0.15) is 0 Å². The molecule has 1 aromatic rings. The van der Waals surface area contributed by atoms with Gasteiger partial charge >= 0.3 is 5.97 Å². The largest absolute Gasteiger partial charge is 0.480 e. The van der Waals surface area contributed by atoms with Crippen LogP contribution in [-0.2, 0) is 15.0 Å². The number of ketones is 1. The van der Waals surface area contributed by atoms with Gasteiger partial charge in [0.25, 0.3) is 0 Å². The SMILES string of the molecule is CC(=O)C(C)(C(=O)O)c1cccs1. The number of rotatable bonds is 3. The Hall–Kier alpha value is -1.16. The number of Topliss-reactive ketones (excluding diaryl/α,β-unsaturated/α-hetero) is 1. The summed E-state index contributed by atoms with van der Waals surface area (Å²) in [7, 11) is 0. The molecule has 0 radical (unpaired) electrons. The number of aliphatic carboxylic acids is 1. The van der Waals surface area contributed by atoms with E-state index in [1.54, 1.807) is 17.5 Å². The highest BCUT2D eigenvalue weighted by molar-refractivity contribution is 7.10. The Morgan fingerprint density at radius 3 is 2.46 bits per heavy atom. The van der Waals surface area contributed by atoms with Crippen molar-refractivity contribution in [2.75, 3.05) is 0 Å². The zero-order chi connectivity index (χ0) is 10.1. The number of carboxylic acid groups (broad SMARTS) is 1. The van der Waals surface area contributed by atoms with Crippen LogP contribution >= 0.6 is 11.3 Å². The van der Waals surface area contributed by atoms with Crippen LogP contribution in [0.2, 0.25) is 0 Å². The van der Waals surface area contributed by atoms with Crippen molar-refractivity contribution in [3.63, 3.8) is 0 Å². The van der Waals surface area contributed by atoms with E-state index >= 15 is 0 Å². The van der Waals surface area contributed by atoms with Gasteiger partial charge in [0, 0.05) is 4.88 Å². The van der Waals surface area contributed by atoms with Crippen molar-refractivity contribution in [1.29, 1.82) is 0 Å². The summed E-state index contributed by atoms with van der Waals surface area (Å²) in [5.41, 5.74) is -1.38. The monoisotopic (exact) mass is 198 g/mol. The second-order valence-electron chi connectivity index (χ2n) is 2.96. The maximum atomic E-state index is 11.2. The maximum absolute atomic E-state index is 11.2. The van der Waals surface area contributed by atoms with Crippen LogP contribution in [0.4, 0.5) is 0 Å². The highest BCUT2D eigenvalue weighted by Crippen LogP contribution is 2.29. The first kappa shape index (κ1) is 9.92. The molecule has 1 aromatic heterocycles. The molecule has 0 spiro atoms. The Kier molecular flexibility index (Phi) is 2.52. The van der Waals surface area contributed by atoms with E-state index in [0.29, 0.717) is 4.88 Å². The minimum atomic E-state index is -1.38. The summed E-state index contributed by atoms with van der Waals surface area (Å²) in [5, 5.41) is 10.7. The van der Waals surface area contributed by atoms with Gasteiger partial charge in [-0.1, -0.05) is 6.07 Å². The molecule has 0 aliphatic rings. The van der Waals surface area contributed by atoms with E-state index in [4.69, 9.17) is 5.11 Å². The summed E-state index contributed by atoms with van der Waals surface area (Å²) in [6.07, 6.45) is 0.